The molecule has 0 amide bonds. The van der Waals surface area contributed by atoms with Crippen LogP contribution < -0.4 is 10.6 Å². The summed E-state index contributed by atoms with van der Waals surface area (Å²) >= 11 is 1.64. The maximum atomic E-state index is 10.3. The molecule has 0 atom stereocenters. The highest BCUT2D eigenvalue weighted by Gasteiger charge is 2.02. The van der Waals surface area contributed by atoms with Crippen LogP contribution in [0, 0.1) is 10.1 Å². The number of aliphatic hydroxyl groups is 1. The lowest BCUT2D eigenvalue weighted by atomic mass is 10.4. The predicted molar refractivity (Wildman–Crippen MR) is 72.9 cm³/mol. The molecular formula is C11H17N3O4S. The van der Waals surface area contributed by atoms with E-state index < -0.39 is 4.92 Å². The van der Waals surface area contributed by atoms with Crippen molar-refractivity contribution in [2.24, 2.45) is 0 Å². The maximum Gasteiger partial charge on any atom is 0.274 e. The Kier molecular flexibility index (Phi) is 6.83. The molecule has 8 heteroatoms. The van der Waals surface area contributed by atoms with Crippen molar-refractivity contribution in [3.05, 3.63) is 45.8 Å². The number of nitro groups is 1. The highest BCUT2D eigenvalue weighted by atomic mass is 32.2. The fourth-order valence-electron chi connectivity index (χ4n) is 1.32. The molecule has 1 heterocycles. The van der Waals surface area contributed by atoms with E-state index in [2.05, 4.69) is 10.6 Å². The Hall–Kier alpha value is -1.67. The predicted octanol–water partition coefficient (Wildman–Crippen LogP) is 0.890. The lowest BCUT2D eigenvalue weighted by Crippen LogP contribution is -2.26. The standard InChI is InChI=1S/C11H17N3O4S/c1-12-11(6-14(16)17)13-4-5-19-8-10-3-2-9(7-15)18-10/h2-3,6,12-13,15H,4-5,7-8H2,1H3/b11-6+. The molecular weight excluding hydrogens is 270 g/mol. The third-order valence-electron chi connectivity index (χ3n) is 2.18. The molecule has 19 heavy (non-hydrogen) atoms. The van der Waals surface area contributed by atoms with Crippen molar-refractivity contribution in [3.63, 3.8) is 0 Å². The van der Waals surface area contributed by atoms with Gasteiger partial charge in [-0.25, -0.2) is 0 Å². The number of thioether (sulfide) groups is 1. The zero-order valence-electron chi connectivity index (χ0n) is 10.6. The SMILES string of the molecule is CN/C(=C\[N+](=O)[O-])NCCSCc1ccc(CO)o1. The van der Waals surface area contributed by atoms with Crippen molar-refractivity contribution in [1.82, 2.24) is 10.6 Å². The molecule has 1 aromatic heterocycles. The van der Waals surface area contributed by atoms with Crippen LogP contribution in [-0.4, -0.2) is 29.4 Å². The molecule has 0 unspecified atom stereocenters. The van der Waals surface area contributed by atoms with E-state index in [0.717, 1.165) is 17.7 Å². The summed E-state index contributed by atoms with van der Waals surface area (Å²) in [5.41, 5.74) is 0. The Morgan fingerprint density at radius 3 is 2.89 bits per heavy atom. The van der Waals surface area contributed by atoms with Crippen LogP contribution in [0.15, 0.2) is 28.6 Å². The summed E-state index contributed by atoms with van der Waals surface area (Å²) in [6.45, 7) is 0.516. The largest absolute Gasteiger partial charge is 0.463 e. The van der Waals surface area contributed by atoms with Gasteiger partial charge in [0.25, 0.3) is 6.20 Å². The summed E-state index contributed by atoms with van der Waals surface area (Å²) in [6, 6.07) is 3.57. The van der Waals surface area contributed by atoms with Crippen molar-refractivity contribution in [3.8, 4) is 0 Å². The van der Waals surface area contributed by atoms with E-state index in [4.69, 9.17) is 9.52 Å². The number of furan rings is 1. The van der Waals surface area contributed by atoms with Crippen LogP contribution >= 0.6 is 11.8 Å². The van der Waals surface area contributed by atoms with Gasteiger partial charge in [-0.05, 0) is 12.1 Å². The number of hydrogen-bond acceptors (Lipinski definition) is 7. The van der Waals surface area contributed by atoms with Crippen LogP contribution in [0.4, 0.5) is 0 Å². The van der Waals surface area contributed by atoms with Gasteiger partial charge in [-0.2, -0.15) is 11.8 Å². The summed E-state index contributed by atoms with van der Waals surface area (Å²) in [5, 5.41) is 24.8. The van der Waals surface area contributed by atoms with E-state index in [1.54, 1.807) is 24.9 Å². The minimum atomic E-state index is -0.509. The first-order chi connectivity index (χ1) is 9.15. The summed E-state index contributed by atoms with van der Waals surface area (Å²) < 4.78 is 5.33. The molecule has 1 aromatic rings. The molecule has 0 radical (unpaired) electrons. The van der Waals surface area contributed by atoms with E-state index in [9.17, 15) is 10.1 Å². The number of nitrogens with zero attached hydrogens (tertiary/aromatic N) is 1. The average Bonchev–Trinajstić information content (AvgIpc) is 2.84. The maximum absolute atomic E-state index is 10.3. The van der Waals surface area contributed by atoms with E-state index in [1.807, 2.05) is 6.07 Å². The summed E-state index contributed by atoms with van der Waals surface area (Å²) in [6.07, 6.45) is 0.894. The van der Waals surface area contributed by atoms with Crippen LogP contribution in [0.2, 0.25) is 0 Å². The summed E-state index contributed by atoms with van der Waals surface area (Å²) in [4.78, 5) is 9.78. The molecule has 0 aliphatic carbocycles. The Morgan fingerprint density at radius 1 is 1.58 bits per heavy atom. The van der Waals surface area contributed by atoms with E-state index in [-0.39, 0.29) is 6.61 Å². The quantitative estimate of drug-likeness (QED) is 0.352. The fourth-order valence-corrected chi connectivity index (χ4v) is 2.07. The van der Waals surface area contributed by atoms with Gasteiger partial charge in [0.2, 0.25) is 0 Å². The molecule has 0 aromatic carbocycles. The van der Waals surface area contributed by atoms with Gasteiger partial charge in [0, 0.05) is 19.3 Å². The van der Waals surface area contributed by atoms with Gasteiger partial charge in [-0.1, -0.05) is 0 Å². The molecule has 0 saturated heterocycles. The van der Waals surface area contributed by atoms with Crippen LogP contribution in [0.3, 0.4) is 0 Å². The molecule has 0 fully saturated rings. The lowest BCUT2D eigenvalue weighted by molar-refractivity contribution is -0.404. The Labute approximate surface area is 115 Å². The van der Waals surface area contributed by atoms with Gasteiger partial charge < -0.3 is 20.2 Å². The van der Waals surface area contributed by atoms with Crippen molar-refractivity contribution in [2.45, 2.75) is 12.4 Å². The van der Waals surface area contributed by atoms with Gasteiger partial charge in [-0.3, -0.25) is 10.1 Å². The Balaban J connectivity index is 2.18. The number of rotatable bonds is 9. The van der Waals surface area contributed by atoms with E-state index in [1.165, 1.54) is 0 Å². The first kappa shape index (κ1) is 15.4. The lowest BCUT2D eigenvalue weighted by Gasteiger charge is -2.07. The molecule has 3 N–H and O–H groups in total. The zero-order valence-corrected chi connectivity index (χ0v) is 11.4. The minimum Gasteiger partial charge on any atom is -0.463 e. The minimum absolute atomic E-state index is 0.0938. The molecule has 0 bridgehead atoms. The molecule has 7 nitrogen and oxygen atoms in total. The molecule has 1 rings (SSSR count). The van der Waals surface area contributed by atoms with Gasteiger partial charge in [0.1, 0.15) is 18.1 Å². The van der Waals surface area contributed by atoms with Crippen molar-refractivity contribution >= 4 is 11.8 Å². The highest BCUT2D eigenvalue weighted by molar-refractivity contribution is 7.98. The summed E-state index contributed by atoms with van der Waals surface area (Å²) in [7, 11) is 1.62. The zero-order chi connectivity index (χ0) is 14.1. The molecule has 0 saturated carbocycles. The van der Waals surface area contributed by atoms with Gasteiger partial charge in [0.15, 0.2) is 5.82 Å². The third kappa shape index (κ3) is 6.16. The van der Waals surface area contributed by atoms with Crippen LogP contribution in [0.25, 0.3) is 0 Å². The highest BCUT2D eigenvalue weighted by Crippen LogP contribution is 2.15. The second kappa shape index (κ2) is 8.44. The van der Waals surface area contributed by atoms with Crippen molar-refractivity contribution in [1.29, 1.82) is 0 Å². The van der Waals surface area contributed by atoms with Crippen LogP contribution in [0.1, 0.15) is 11.5 Å². The second-order valence-electron chi connectivity index (χ2n) is 3.58. The second-order valence-corrected chi connectivity index (χ2v) is 4.69. The normalized spacial score (nSPS) is 11.4. The third-order valence-corrected chi connectivity index (χ3v) is 3.16. The van der Waals surface area contributed by atoms with Crippen molar-refractivity contribution in [2.75, 3.05) is 19.3 Å². The van der Waals surface area contributed by atoms with E-state index in [0.29, 0.717) is 23.9 Å². The topological polar surface area (TPSA) is 101 Å². The monoisotopic (exact) mass is 287 g/mol. The first-order valence-corrected chi connectivity index (χ1v) is 6.84. The van der Waals surface area contributed by atoms with Gasteiger partial charge >= 0.3 is 0 Å². The van der Waals surface area contributed by atoms with E-state index >= 15 is 0 Å². The molecule has 0 spiro atoms. The number of nitrogens with one attached hydrogen (secondary N) is 2. The Morgan fingerprint density at radius 2 is 2.32 bits per heavy atom. The fraction of sp³-hybridized carbons (Fsp3) is 0.455. The molecule has 0 aliphatic rings. The molecule has 0 aliphatic heterocycles. The molecule has 106 valence electrons. The average molecular weight is 287 g/mol. The van der Waals surface area contributed by atoms with Gasteiger partial charge in [0.05, 0.1) is 10.7 Å². The number of aliphatic hydroxyl groups excluding tert-OH is 1. The Bertz CT molecular complexity index is 433. The van der Waals surface area contributed by atoms with Gasteiger partial charge in [-0.15, -0.1) is 0 Å². The smallest absolute Gasteiger partial charge is 0.274 e. The van der Waals surface area contributed by atoms with Crippen LogP contribution in [-0.2, 0) is 12.4 Å². The first-order valence-electron chi connectivity index (χ1n) is 5.69. The van der Waals surface area contributed by atoms with Crippen molar-refractivity contribution < 1.29 is 14.4 Å². The van der Waals surface area contributed by atoms with Crippen LogP contribution in [0.5, 0.6) is 0 Å². The number of hydrogen-bond donors (Lipinski definition) is 3. The summed E-state index contributed by atoms with van der Waals surface area (Å²) in [5.74, 6) is 3.23.